The van der Waals surface area contributed by atoms with E-state index in [9.17, 15) is 19.2 Å². The number of carbonyl (C=O) groups is 4. The maximum Gasteiger partial charge on any atom is 0.407 e. The van der Waals surface area contributed by atoms with Crippen molar-refractivity contribution in [3.63, 3.8) is 0 Å². The van der Waals surface area contributed by atoms with Gasteiger partial charge in [-0.2, -0.15) is 0 Å². The molecule has 2 bridgehead atoms. The number of aliphatic imine (C=N–C) groups is 1. The number of aromatic amines is 1. The quantitative estimate of drug-likeness (QED) is 0.136. The monoisotopic (exact) mass is 853 g/mol. The summed E-state index contributed by atoms with van der Waals surface area (Å²) in [5.41, 5.74) is 13.1. The summed E-state index contributed by atoms with van der Waals surface area (Å²) >= 11 is 0. The number of imidazole rings is 1. The van der Waals surface area contributed by atoms with Crippen LogP contribution in [0, 0.1) is 11.8 Å². The highest BCUT2D eigenvalue weighted by Crippen LogP contribution is 2.58. The van der Waals surface area contributed by atoms with Crippen LogP contribution in [-0.4, -0.2) is 94.9 Å². The number of rotatable bonds is 11. The fourth-order valence-electron chi connectivity index (χ4n) is 11.0. The zero-order valence-corrected chi connectivity index (χ0v) is 37.2. The highest BCUT2D eigenvalue weighted by atomic mass is 16.5. The zero-order chi connectivity index (χ0) is 44.1. The number of H-pyrrole nitrogens is 1. The third kappa shape index (κ3) is 7.88. The number of hydrogen-bond donors (Lipinski definition) is 3. The van der Waals surface area contributed by atoms with Crippen LogP contribution in [0.2, 0.25) is 0 Å². The lowest BCUT2D eigenvalue weighted by molar-refractivity contribution is -0.135. The van der Waals surface area contributed by atoms with Crippen molar-refractivity contribution in [3.05, 3.63) is 83.3 Å². The average molecular weight is 854 g/mol. The van der Waals surface area contributed by atoms with Gasteiger partial charge < -0.3 is 34.9 Å². The minimum Gasteiger partial charge on any atom is -0.453 e. The molecule has 2 saturated heterocycles. The molecule has 3 aromatic carbocycles. The number of nitrogens with zero attached hydrogens (tertiary/aromatic N) is 4. The lowest BCUT2D eigenvalue weighted by Crippen LogP contribution is -2.53. The number of fused-ring (bicyclic) bond motifs is 6. The minimum atomic E-state index is -0.682. The Morgan fingerprint density at radius 1 is 0.698 bits per heavy atom. The summed E-state index contributed by atoms with van der Waals surface area (Å²) in [4.78, 5) is 68.8. The van der Waals surface area contributed by atoms with Gasteiger partial charge in [0.1, 0.15) is 17.9 Å². The summed E-state index contributed by atoms with van der Waals surface area (Å²) in [6.07, 6.45) is 8.37. The van der Waals surface area contributed by atoms with Crippen molar-refractivity contribution in [2.24, 2.45) is 16.8 Å². The summed E-state index contributed by atoms with van der Waals surface area (Å²) in [5.74, 6) is 1.45. The summed E-state index contributed by atoms with van der Waals surface area (Å²) in [7, 11) is 2.62. The van der Waals surface area contributed by atoms with Crippen LogP contribution >= 0.6 is 0 Å². The van der Waals surface area contributed by atoms with Crippen LogP contribution in [0.4, 0.5) is 15.3 Å². The number of alkyl carbamates (subject to hydrolysis) is 2. The van der Waals surface area contributed by atoms with Crippen LogP contribution in [0.15, 0.2) is 65.8 Å². The van der Waals surface area contributed by atoms with E-state index in [1.807, 2.05) is 43.7 Å². The van der Waals surface area contributed by atoms with Crippen LogP contribution in [0.3, 0.4) is 0 Å². The van der Waals surface area contributed by atoms with E-state index in [1.165, 1.54) is 72.4 Å². The van der Waals surface area contributed by atoms with Crippen molar-refractivity contribution in [1.82, 2.24) is 30.4 Å². The Balaban J connectivity index is 0.923. The van der Waals surface area contributed by atoms with Gasteiger partial charge >= 0.3 is 12.2 Å². The molecule has 4 aromatic rings. The lowest BCUT2D eigenvalue weighted by Gasteiger charge is -2.30. The molecule has 0 radical (unpaired) electrons. The first-order valence-corrected chi connectivity index (χ1v) is 22.8. The molecule has 4 amide bonds. The Kier molecular flexibility index (Phi) is 11.6. The summed E-state index contributed by atoms with van der Waals surface area (Å²) in [6.45, 7) is 8.96. The number of aromatic nitrogens is 2. The number of carbonyl (C=O) groups excluding carboxylic acids is 4. The zero-order valence-electron chi connectivity index (χ0n) is 37.2. The van der Waals surface area contributed by atoms with Gasteiger partial charge in [0, 0.05) is 25.2 Å². The fraction of sp³-hybridized carbons (Fsp3) is 0.480. The van der Waals surface area contributed by atoms with Crippen molar-refractivity contribution in [2.45, 2.75) is 115 Å². The molecule has 2 aliphatic carbocycles. The van der Waals surface area contributed by atoms with E-state index < -0.39 is 24.3 Å². The molecule has 3 fully saturated rings. The van der Waals surface area contributed by atoms with E-state index in [4.69, 9.17) is 19.5 Å². The van der Waals surface area contributed by atoms with Crippen LogP contribution in [0.25, 0.3) is 33.5 Å². The summed E-state index contributed by atoms with van der Waals surface area (Å²) in [5, 5.41) is 5.48. The molecule has 0 spiro atoms. The van der Waals surface area contributed by atoms with E-state index in [2.05, 4.69) is 70.2 Å². The molecule has 9 rings (SSSR count). The van der Waals surface area contributed by atoms with Crippen LogP contribution in [0.1, 0.15) is 113 Å². The highest BCUT2D eigenvalue weighted by molar-refractivity contribution is 6.01. The van der Waals surface area contributed by atoms with Crippen molar-refractivity contribution in [2.75, 3.05) is 27.3 Å². The van der Waals surface area contributed by atoms with Gasteiger partial charge in [0.15, 0.2) is 0 Å². The van der Waals surface area contributed by atoms with Crippen LogP contribution in [-0.2, 0) is 25.5 Å². The lowest BCUT2D eigenvalue weighted by atomic mass is 9.81. The van der Waals surface area contributed by atoms with Gasteiger partial charge in [-0.15, -0.1) is 0 Å². The van der Waals surface area contributed by atoms with Crippen molar-refractivity contribution in [3.8, 4) is 33.5 Å². The first kappa shape index (κ1) is 42.3. The van der Waals surface area contributed by atoms with Gasteiger partial charge in [0.2, 0.25) is 11.8 Å². The van der Waals surface area contributed by atoms with E-state index in [1.54, 1.807) is 0 Å². The topological polar surface area (TPSA) is 158 Å². The molecule has 1 aromatic heterocycles. The Morgan fingerprint density at radius 2 is 1.24 bits per heavy atom. The standard InChI is InChI=1S/C50H59N7O6/c1-27(2)44(54-49(60)62-5)47(58)56-21-7-9-40(56)38-25-34-23-31(17-20-37(34)52-38)36-19-18-35(42-32-15-16-33(24-32)43(36)42)29-11-13-30(14-12-29)39-26-51-46(53-39)41-10-8-22-57(41)48(59)45(28(3)4)55-50(61)63-6/h11-14,17-20,23,26-28,32-33,40-41,44-45H,7-10,15-16,21-22,24-25H2,1-6H3,(H,51,53)(H,54,60)(H,55,61)/t32?,33?,40-,41-,44-,45-/m0/s1. The predicted molar refractivity (Wildman–Crippen MR) is 242 cm³/mol. The second kappa shape index (κ2) is 17.3. The largest absolute Gasteiger partial charge is 0.453 e. The van der Waals surface area contributed by atoms with Crippen LogP contribution in [0.5, 0.6) is 0 Å². The Hall–Kier alpha value is -5.98. The molecule has 13 heteroatoms. The molecular weight excluding hydrogens is 795 g/mol. The SMILES string of the molecule is COC(=O)N[C@H](C(=O)N1CCC[C@H]1C1=Nc2ccc(-c3ccc(-c4ccc(-c5cnc([C@@H]6CCCN6C(=O)[C@@H](NC(=O)OC)C(C)C)[nH]5)cc4)c4c3C3CCC4C3)cc2C1)C(C)C. The van der Waals surface area contributed by atoms with Crippen molar-refractivity contribution < 1.29 is 28.7 Å². The van der Waals surface area contributed by atoms with E-state index in [0.29, 0.717) is 31.3 Å². The van der Waals surface area contributed by atoms with Gasteiger partial charge in [0.05, 0.1) is 43.9 Å². The Labute approximate surface area is 369 Å². The first-order chi connectivity index (χ1) is 30.4. The number of benzene rings is 3. The van der Waals surface area contributed by atoms with Crippen molar-refractivity contribution >= 4 is 35.4 Å². The molecule has 4 heterocycles. The van der Waals surface area contributed by atoms with Crippen LogP contribution < -0.4 is 10.6 Å². The molecule has 13 nitrogen and oxygen atoms in total. The summed E-state index contributed by atoms with van der Waals surface area (Å²) in [6, 6.07) is 18.4. The highest BCUT2D eigenvalue weighted by Gasteiger charge is 2.42. The number of ether oxygens (including phenoxy) is 2. The molecule has 5 aliphatic rings. The van der Waals surface area contributed by atoms with Gasteiger partial charge in [-0.1, -0.05) is 70.2 Å². The normalized spacial score (nSPS) is 21.9. The Bertz CT molecular complexity index is 2460. The molecule has 3 aliphatic heterocycles. The second-order valence-electron chi connectivity index (χ2n) is 18.7. The molecule has 2 unspecified atom stereocenters. The van der Waals surface area contributed by atoms with Gasteiger partial charge in [0.25, 0.3) is 0 Å². The number of methoxy groups -OCH3 is 2. The molecule has 63 heavy (non-hydrogen) atoms. The summed E-state index contributed by atoms with van der Waals surface area (Å²) < 4.78 is 9.62. The number of likely N-dealkylation sites (tertiary alicyclic amines) is 2. The molecule has 6 atom stereocenters. The Morgan fingerprint density at radius 3 is 1.83 bits per heavy atom. The second-order valence-corrected chi connectivity index (χ2v) is 18.7. The van der Waals surface area contributed by atoms with Gasteiger partial charge in [-0.3, -0.25) is 14.6 Å². The maximum atomic E-state index is 13.8. The molecule has 3 N–H and O–H groups in total. The maximum absolute atomic E-state index is 13.8. The number of amides is 4. The number of nitrogens with one attached hydrogen (secondary N) is 3. The molecule has 1 saturated carbocycles. The molecular formula is C50H59N7O6. The average Bonchev–Trinajstić information content (AvgIpc) is 4.16. The third-order valence-electron chi connectivity index (χ3n) is 14.2. The predicted octanol–water partition coefficient (Wildman–Crippen LogP) is 8.82. The van der Waals surface area contributed by atoms with E-state index in [-0.39, 0.29) is 35.7 Å². The van der Waals surface area contributed by atoms with Gasteiger partial charge in [-0.25, -0.2) is 14.6 Å². The number of hydrogen-bond acceptors (Lipinski definition) is 8. The van der Waals surface area contributed by atoms with Gasteiger partial charge in [-0.05, 0) is 125 Å². The third-order valence-corrected chi connectivity index (χ3v) is 14.2. The molecule has 330 valence electrons. The van der Waals surface area contributed by atoms with E-state index in [0.717, 1.165) is 54.2 Å². The minimum absolute atomic E-state index is 0.0816. The van der Waals surface area contributed by atoms with E-state index >= 15 is 0 Å². The fourth-order valence-corrected chi connectivity index (χ4v) is 11.0. The smallest absolute Gasteiger partial charge is 0.407 e. The van der Waals surface area contributed by atoms with Crippen molar-refractivity contribution in [1.29, 1.82) is 0 Å². The first-order valence-electron chi connectivity index (χ1n) is 22.8.